The van der Waals surface area contributed by atoms with Crippen LogP contribution in [0.3, 0.4) is 0 Å². The fraction of sp³-hybridized carbons (Fsp3) is 0.391. The average Bonchev–Trinajstić information content (AvgIpc) is 3.02. The van der Waals surface area contributed by atoms with E-state index in [-0.39, 0.29) is 5.91 Å². The number of benzene rings is 2. The maximum atomic E-state index is 13.1. The maximum Gasteiger partial charge on any atom is 0.256 e. The van der Waals surface area contributed by atoms with Crippen LogP contribution in [0, 0.1) is 6.92 Å². The second kappa shape index (κ2) is 9.51. The Balaban J connectivity index is 1.87. The molecule has 0 aliphatic carbocycles. The number of nitrogens with zero attached hydrogens (tertiary/aromatic N) is 2. The highest BCUT2D eigenvalue weighted by Gasteiger charge is 2.22. The van der Waals surface area contributed by atoms with Crippen molar-refractivity contribution >= 4 is 33.2 Å². The van der Waals surface area contributed by atoms with E-state index in [0.717, 1.165) is 49.3 Å². The number of carbonyl (C=O) groups is 2. The third kappa shape index (κ3) is 5.25. The molecule has 1 saturated heterocycles. The molecule has 0 unspecified atom stereocenters. The van der Waals surface area contributed by atoms with Crippen molar-refractivity contribution in [2.75, 3.05) is 36.0 Å². The topological polar surface area (TPSA) is 86.8 Å². The molecule has 1 fully saturated rings. The predicted octanol–water partition coefficient (Wildman–Crippen LogP) is 3.66. The van der Waals surface area contributed by atoms with Gasteiger partial charge < -0.3 is 10.2 Å². The minimum Gasteiger partial charge on any atom is -0.339 e. The molecule has 1 heterocycles. The van der Waals surface area contributed by atoms with Crippen molar-refractivity contribution in [3.05, 3.63) is 59.2 Å². The molecule has 0 spiro atoms. The molecule has 3 rings (SSSR count). The minimum atomic E-state index is -3.46. The molecule has 0 atom stereocenters. The summed E-state index contributed by atoms with van der Waals surface area (Å²) in [6.07, 6.45) is 5.34. The molecule has 2 aromatic rings. The van der Waals surface area contributed by atoms with Gasteiger partial charge in [0.15, 0.2) is 0 Å². The lowest BCUT2D eigenvalue weighted by Gasteiger charge is -2.22. The van der Waals surface area contributed by atoms with E-state index < -0.39 is 15.9 Å². The number of anilines is 2. The molecule has 2 aromatic carbocycles. The van der Waals surface area contributed by atoms with E-state index in [0.29, 0.717) is 28.1 Å². The van der Waals surface area contributed by atoms with Gasteiger partial charge in [0.2, 0.25) is 10.0 Å². The van der Waals surface area contributed by atoms with E-state index in [2.05, 4.69) is 5.32 Å². The normalized spacial score (nSPS) is 14.6. The highest BCUT2D eigenvalue weighted by Crippen LogP contribution is 2.26. The Kier molecular flexibility index (Phi) is 7.00. The van der Waals surface area contributed by atoms with Gasteiger partial charge in [-0.15, -0.1) is 0 Å². The minimum absolute atomic E-state index is 0.0833. The number of rotatable bonds is 5. The van der Waals surface area contributed by atoms with Gasteiger partial charge in [0.05, 0.1) is 23.2 Å². The second-order valence-corrected chi connectivity index (χ2v) is 9.90. The number of amides is 2. The van der Waals surface area contributed by atoms with Crippen molar-refractivity contribution in [3.63, 3.8) is 0 Å². The molecule has 1 aliphatic heterocycles. The zero-order valence-corrected chi connectivity index (χ0v) is 19.0. The van der Waals surface area contributed by atoms with Crippen LogP contribution in [0.4, 0.5) is 11.4 Å². The number of carbonyl (C=O) groups excluding carboxylic acids is 2. The Morgan fingerprint density at radius 2 is 1.55 bits per heavy atom. The van der Waals surface area contributed by atoms with Crippen LogP contribution in [0.1, 0.15) is 52.0 Å². The van der Waals surface area contributed by atoms with Gasteiger partial charge in [0.25, 0.3) is 11.8 Å². The fourth-order valence-electron chi connectivity index (χ4n) is 3.80. The van der Waals surface area contributed by atoms with Crippen LogP contribution in [0.5, 0.6) is 0 Å². The van der Waals surface area contributed by atoms with E-state index in [4.69, 9.17) is 0 Å². The molecular formula is C23H29N3O4S. The van der Waals surface area contributed by atoms with Crippen molar-refractivity contribution in [3.8, 4) is 0 Å². The Labute approximate surface area is 184 Å². The zero-order chi connectivity index (χ0) is 22.6. The first-order chi connectivity index (χ1) is 14.7. The highest BCUT2D eigenvalue weighted by molar-refractivity contribution is 7.92. The summed E-state index contributed by atoms with van der Waals surface area (Å²) in [7, 11) is -2.01. The molecule has 1 aliphatic rings. The maximum absolute atomic E-state index is 13.1. The molecule has 7 nitrogen and oxygen atoms in total. The third-order valence-corrected chi connectivity index (χ3v) is 6.88. The molecule has 1 N–H and O–H groups in total. The van der Waals surface area contributed by atoms with Crippen LogP contribution in [0.25, 0.3) is 0 Å². The summed E-state index contributed by atoms with van der Waals surface area (Å²) >= 11 is 0. The lowest BCUT2D eigenvalue weighted by Crippen LogP contribution is -2.32. The number of sulfonamides is 1. The Morgan fingerprint density at radius 3 is 2.19 bits per heavy atom. The summed E-state index contributed by atoms with van der Waals surface area (Å²) in [6, 6.07) is 11.9. The molecular weight excluding hydrogens is 414 g/mol. The first-order valence-corrected chi connectivity index (χ1v) is 12.3. The average molecular weight is 444 g/mol. The molecule has 2 amide bonds. The van der Waals surface area contributed by atoms with E-state index in [1.165, 1.54) is 7.05 Å². The van der Waals surface area contributed by atoms with Crippen molar-refractivity contribution in [1.82, 2.24) is 4.90 Å². The Bertz CT molecular complexity index is 1070. The van der Waals surface area contributed by atoms with Crippen molar-refractivity contribution in [2.45, 2.75) is 32.6 Å². The number of nitrogens with one attached hydrogen (secondary N) is 1. The number of hydrogen-bond donors (Lipinski definition) is 1. The molecule has 0 aromatic heterocycles. The zero-order valence-electron chi connectivity index (χ0n) is 18.2. The molecule has 0 saturated carbocycles. The number of para-hydroxylation sites is 1. The first-order valence-electron chi connectivity index (χ1n) is 10.4. The van der Waals surface area contributed by atoms with Crippen molar-refractivity contribution < 1.29 is 18.0 Å². The quantitative estimate of drug-likeness (QED) is 0.764. The molecule has 166 valence electrons. The van der Waals surface area contributed by atoms with Gasteiger partial charge >= 0.3 is 0 Å². The van der Waals surface area contributed by atoms with Crippen LogP contribution in [-0.2, 0) is 10.0 Å². The summed E-state index contributed by atoms with van der Waals surface area (Å²) in [5.74, 6) is -0.475. The van der Waals surface area contributed by atoms with Crippen LogP contribution >= 0.6 is 0 Å². The van der Waals surface area contributed by atoms with Gasteiger partial charge in [-0.05, 0) is 49.6 Å². The van der Waals surface area contributed by atoms with Crippen molar-refractivity contribution in [1.29, 1.82) is 0 Å². The predicted molar refractivity (Wildman–Crippen MR) is 123 cm³/mol. The summed E-state index contributed by atoms with van der Waals surface area (Å²) in [6.45, 7) is 3.15. The van der Waals surface area contributed by atoms with Gasteiger partial charge in [-0.1, -0.05) is 31.0 Å². The smallest absolute Gasteiger partial charge is 0.256 e. The largest absolute Gasteiger partial charge is 0.339 e. The van der Waals surface area contributed by atoms with E-state index in [1.807, 2.05) is 4.90 Å². The Hall–Kier alpha value is -2.87. The second-order valence-electron chi connectivity index (χ2n) is 7.89. The van der Waals surface area contributed by atoms with Gasteiger partial charge in [-0.25, -0.2) is 8.42 Å². The monoisotopic (exact) mass is 443 g/mol. The van der Waals surface area contributed by atoms with Crippen LogP contribution in [0.2, 0.25) is 0 Å². The van der Waals surface area contributed by atoms with Gasteiger partial charge in [0.1, 0.15) is 0 Å². The summed E-state index contributed by atoms with van der Waals surface area (Å²) in [4.78, 5) is 28.0. The molecule has 8 heteroatoms. The van der Waals surface area contributed by atoms with Crippen LogP contribution in [-0.4, -0.2) is 51.5 Å². The summed E-state index contributed by atoms with van der Waals surface area (Å²) < 4.78 is 25.0. The highest BCUT2D eigenvalue weighted by atomic mass is 32.2. The molecule has 0 bridgehead atoms. The van der Waals surface area contributed by atoms with E-state index in [1.54, 1.807) is 49.4 Å². The third-order valence-electron chi connectivity index (χ3n) is 5.69. The van der Waals surface area contributed by atoms with E-state index in [9.17, 15) is 18.0 Å². The molecule has 0 radical (unpaired) electrons. The first kappa shape index (κ1) is 22.8. The van der Waals surface area contributed by atoms with Crippen LogP contribution in [0.15, 0.2) is 42.5 Å². The number of likely N-dealkylation sites (tertiary alicyclic amines) is 1. The standard InChI is InChI=1S/C23H29N3O4S/c1-17-18(12-10-14-21(17)25(2)31(3,29)30)22(27)24-20-13-7-6-11-19(20)23(28)26-15-8-4-5-9-16-26/h6-7,10-14H,4-5,8-9,15-16H2,1-3H3,(H,24,27). The van der Waals surface area contributed by atoms with Crippen LogP contribution < -0.4 is 9.62 Å². The van der Waals surface area contributed by atoms with Gasteiger partial charge in [0, 0.05) is 25.7 Å². The van der Waals surface area contributed by atoms with Gasteiger partial charge in [-0.3, -0.25) is 13.9 Å². The molecule has 31 heavy (non-hydrogen) atoms. The summed E-state index contributed by atoms with van der Waals surface area (Å²) in [5, 5.41) is 2.85. The lowest BCUT2D eigenvalue weighted by molar-refractivity contribution is 0.0762. The van der Waals surface area contributed by atoms with Crippen molar-refractivity contribution in [2.24, 2.45) is 0 Å². The lowest BCUT2D eigenvalue weighted by atomic mass is 10.1. The van der Waals surface area contributed by atoms with Gasteiger partial charge in [-0.2, -0.15) is 0 Å². The SMILES string of the molecule is Cc1c(C(=O)Nc2ccccc2C(=O)N2CCCCCC2)cccc1N(C)S(C)(=O)=O. The van der Waals surface area contributed by atoms with E-state index >= 15 is 0 Å². The summed E-state index contributed by atoms with van der Waals surface area (Å²) in [5.41, 5.74) is 2.24. The fourth-order valence-corrected chi connectivity index (χ4v) is 4.36. The Morgan fingerprint density at radius 1 is 0.935 bits per heavy atom. The number of hydrogen-bond acceptors (Lipinski definition) is 4.